The van der Waals surface area contributed by atoms with Crippen LogP contribution in [0.25, 0.3) is 10.1 Å². The van der Waals surface area contributed by atoms with Gasteiger partial charge in [0.2, 0.25) is 0 Å². The quantitative estimate of drug-likeness (QED) is 0.858. The van der Waals surface area contributed by atoms with Gasteiger partial charge in [-0.2, -0.15) is 0 Å². The standard InChI is InChI=1S/C11H14N2OS/c1-8(6-12)7-13-11(14)9-4-2-3-5-10(9)15-13/h2-5,8H,6-7,12H2,1H3. The Labute approximate surface area is 92.3 Å². The van der Waals surface area contributed by atoms with Gasteiger partial charge in [0.1, 0.15) is 0 Å². The number of fused-ring (bicyclic) bond motifs is 1. The second-order valence-electron chi connectivity index (χ2n) is 3.79. The van der Waals surface area contributed by atoms with Gasteiger partial charge in [0.15, 0.2) is 0 Å². The minimum Gasteiger partial charge on any atom is -0.330 e. The van der Waals surface area contributed by atoms with Crippen LogP contribution >= 0.6 is 11.5 Å². The van der Waals surface area contributed by atoms with E-state index in [0.717, 1.165) is 10.1 Å². The van der Waals surface area contributed by atoms with Crippen LogP contribution in [0.2, 0.25) is 0 Å². The highest BCUT2D eigenvalue weighted by Crippen LogP contribution is 2.16. The number of hydrogen-bond donors (Lipinski definition) is 1. The Morgan fingerprint density at radius 2 is 2.20 bits per heavy atom. The number of hydrogen-bond acceptors (Lipinski definition) is 3. The van der Waals surface area contributed by atoms with Crippen molar-refractivity contribution < 1.29 is 0 Å². The van der Waals surface area contributed by atoms with Crippen molar-refractivity contribution in [3.63, 3.8) is 0 Å². The third-order valence-electron chi connectivity index (χ3n) is 2.43. The number of aromatic nitrogens is 1. The minimum atomic E-state index is 0.107. The molecule has 2 rings (SSSR count). The summed E-state index contributed by atoms with van der Waals surface area (Å²) in [5, 5.41) is 0.812. The molecule has 0 amide bonds. The zero-order valence-electron chi connectivity index (χ0n) is 8.64. The molecular formula is C11H14N2OS. The van der Waals surface area contributed by atoms with Crippen molar-refractivity contribution in [1.82, 2.24) is 3.96 Å². The third kappa shape index (κ3) is 1.96. The smallest absolute Gasteiger partial charge is 0.268 e. The molecule has 1 atom stereocenters. The van der Waals surface area contributed by atoms with Gasteiger partial charge in [0.25, 0.3) is 5.56 Å². The number of rotatable bonds is 3. The summed E-state index contributed by atoms with van der Waals surface area (Å²) in [5.41, 5.74) is 5.66. The van der Waals surface area contributed by atoms with Crippen LogP contribution in [0.15, 0.2) is 29.1 Å². The monoisotopic (exact) mass is 222 g/mol. The average Bonchev–Trinajstić information content (AvgIpc) is 2.57. The van der Waals surface area contributed by atoms with Gasteiger partial charge < -0.3 is 5.73 Å². The van der Waals surface area contributed by atoms with E-state index >= 15 is 0 Å². The molecule has 0 spiro atoms. The summed E-state index contributed by atoms with van der Waals surface area (Å²) in [7, 11) is 0. The molecule has 0 aliphatic heterocycles. The van der Waals surface area contributed by atoms with Crippen LogP contribution in [-0.4, -0.2) is 10.5 Å². The fraction of sp³-hybridized carbons (Fsp3) is 0.364. The molecule has 4 heteroatoms. The molecule has 1 aromatic carbocycles. The van der Waals surface area contributed by atoms with Crippen LogP contribution in [0.5, 0.6) is 0 Å². The van der Waals surface area contributed by atoms with Gasteiger partial charge in [-0.1, -0.05) is 30.6 Å². The van der Waals surface area contributed by atoms with Crippen molar-refractivity contribution >= 4 is 21.6 Å². The maximum Gasteiger partial charge on any atom is 0.268 e. The Bertz CT molecular complexity index is 515. The molecule has 0 bridgehead atoms. The molecule has 0 fully saturated rings. The first-order valence-corrected chi connectivity index (χ1v) is 5.78. The van der Waals surface area contributed by atoms with Crippen LogP contribution in [0, 0.1) is 5.92 Å². The lowest BCUT2D eigenvalue weighted by molar-refractivity contribution is 0.508. The highest BCUT2D eigenvalue weighted by Gasteiger charge is 2.08. The van der Waals surface area contributed by atoms with Crippen molar-refractivity contribution in [3.8, 4) is 0 Å². The lowest BCUT2D eigenvalue weighted by Crippen LogP contribution is -2.22. The summed E-state index contributed by atoms with van der Waals surface area (Å²) in [6.07, 6.45) is 0. The molecule has 0 saturated heterocycles. The highest BCUT2D eigenvalue weighted by atomic mass is 32.1. The van der Waals surface area contributed by atoms with Crippen LogP contribution in [0.1, 0.15) is 6.92 Å². The van der Waals surface area contributed by atoms with Gasteiger partial charge in [-0.15, -0.1) is 0 Å². The first-order chi connectivity index (χ1) is 7.22. The summed E-state index contributed by atoms with van der Waals surface area (Å²) >= 11 is 1.52. The van der Waals surface area contributed by atoms with E-state index in [4.69, 9.17) is 5.73 Å². The Hall–Kier alpha value is -1.13. The fourth-order valence-corrected chi connectivity index (χ4v) is 2.64. The van der Waals surface area contributed by atoms with E-state index in [1.807, 2.05) is 24.3 Å². The molecule has 0 aliphatic rings. The van der Waals surface area contributed by atoms with Gasteiger partial charge in [-0.3, -0.25) is 8.75 Å². The lowest BCUT2D eigenvalue weighted by Gasteiger charge is -2.06. The van der Waals surface area contributed by atoms with E-state index in [0.29, 0.717) is 19.0 Å². The van der Waals surface area contributed by atoms with E-state index in [2.05, 4.69) is 6.92 Å². The Morgan fingerprint density at radius 3 is 2.87 bits per heavy atom. The van der Waals surface area contributed by atoms with Gasteiger partial charge in [-0.25, -0.2) is 0 Å². The van der Waals surface area contributed by atoms with Gasteiger partial charge >= 0.3 is 0 Å². The second-order valence-corrected chi connectivity index (χ2v) is 4.86. The van der Waals surface area contributed by atoms with Crippen LogP contribution in [-0.2, 0) is 6.54 Å². The molecule has 15 heavy (non-hydrogen) atoms. The van der Waals surface area contributed by atoms with Crippen LogP contribution in [0.4, 0.5) is 0 Å². The van der Waals surface area contributed by atoms with Gasteiger partial charge in [-0.05, 0) is 24.6 Å². The molecule has 0 saturated carbocycles. The van der Waals surface area contributed by atoms with Gasteiger partial charge in [0.05, 0.1) is 10.1 Å². The van der Waals surface area contributed by atoms with Crippen molar-refractivity contribution in [3.05, 3.63) is 34.6 Å². The van der Waals surface area contributed by atoms with Gasteiger partial charge in [0, 0.05) is 6.54 Å². The zero-order chi connectivity index (χ0) is 10.8. The molecular weight excluding hydrogens is 208 g/mol. The van der Waals surface area contributed by atoms with E-state index in [-0.39, 0.29) is 5.56 Å². The first-order valence-electron chi connectivity index (χ1n) is 5.01. The summed E-state index contributed by atoms with van der Waals surface area (Å²) in [6, 6.07) is 7.70. The molecule has 0 aliphatic carbocycles. The molecule has 2 N–H and O–H groups in total. The SMILES string of the molecule is CC(CN)Cn1sc2ccccc2c1=O. The minimum absolute atomic E-state index is 0.107. The maximum atomic E-state index is 11.9. The number of nitrogens with zero attached hydrogens (tertiary/aromatic N) is 1. The van der Waals surface area contributed by atoms with Crippen LogP contribution in [0.3, 0.4) is 0 Å². The molecule has 0 radical (unpaired) electrons. The van der Waals surface area contributed by atoms with E-state index in [1.54, 1.807) is 3.96 Å². The molecule has 1 aromatic heterocycles. The average molecular weight is 222 g/mol. The predicted molar refractivity (Wildman–Crippen MR) is 64.3 cm³/mol. The Balaban J connectivity index is 2.45. The van der Waals surface area contributed by atoms with Crippen molar-refractivity contribution in [1.29, 1.82) is 0 Å². The lowest BCUT2D eigenvalue weighted by atomic mass is 10.2. The molecule has 1 heterocycles. The fourth-order valence-electron chi connectivity index (χ4n) is 1.50. The molecule has 1 unspecified atom stereocenters. The number of nitrogens with two attached hydrogens (primary N) is 1. The summed E-state index contributed by atoms with van der Waals surface area (Å²) in [4.78, 5) is 11.9. The normalized spacial score (nSPS) is 13.2. The van der Waals surface area contributed by atoms with E-state index < -0.39 is 0 Å². The molecule has 80 valence electrons. The predicted octanol–water partition coefficient (Wildman–Crippen LogP) is 1.66. The van der Waals surface area contributed by atoms with E-state index in [9.17, 15) is 4.79 Å². The third-order valence-corrected chi connectivity index (χ3v) is 3.52. The second kappa shape index (κ2) is 4.16. The summed E-state index contributed by atoms with van der Waals surface area (Å²) in [6.45, 7) is 3.38. The van der Waals surface area contributed by atoms with Crippen molar-refractivity contribution in [2.45, 2.75) is 13.5 Å². The van der Waals surface area contributed by atoms with Crippen molar-refractivity contribution in [2.24, 2.45) is 11.7 Å². The van der Waals surface area contributed by atoms with E-state index in [1.165, 1.54) is 11.5 Å². The number of benzene rings is 1. The summed E-state index contributed by atoms with van der Waals surface area (Å²) in [5.74, 6) is 0.343. The zero-order valence-corrected chi connectivity index (χ0v) is 9.46. The largest absolute Gasteiger partial charge is 0.330 e. The highest BCUT2D eigenvalue weighted by molar-refractivity contribution is 7.13. The Kier molecular flexibility index (Phi) is 2.88. The summed E-state index contributed by atoms with van der Waals surface area (Å²) < 4.78 is 2.84. The van der Waals surface area contributed by atoms with Crippen molar-refractivity contribution in [2.75, 3.05) is 6.54 Å². The maximum absolute atomic E-state index is 11.9. The first kappa shape index (κ1) is 10.4. The molecule has 2 aromatic rings. The van der Waals surface area contributed by atoms with Crippen LogP contribution < -0.4 is 11.3 Å². The Morgan fingerprint density at radius 1 is 1.47 bits per heavy atom. The molecule has 3 nitrogen and oxygen atoms in total. The topological polar surface area (TPSA) is 48.0 Å².